The van der Waals surface area contributed by atoms with Gasteiger partial charge in [-0.15, -0.1) is 0 Å². The standard InChI is InChI=1S/C90H61N3Si/c1-7-26-62(27-8-1)67-46-50-88-83(58-67)84-59-68(63-28-9-2-10-29-63)47-51-89(84)91(88)72-48-49-82-81-42-21-24-45-87(81)93(90(82)61-72)74-54-71(53-73(60-74)92-85-43-22-19-40-79(85)80-41-20-23-44-86(80)92)66-34-25-39-77(55-66)94(75-35-15-5-16-36-75,76-37-17-6-18-38-76)78-56-69(64-30-11-3-12-31-64)52-70(57-78)65-32-13-4-14-33-65/h1-61H. The zero-order valence-electron chi connectivity index (χ0n) is 51.6. The lowest BCUT2D eigenvalue weighted by molar-refractivity contribution is 1.13. The number of benzene rings is 15. The third-order valence-electron chi connectivity index (χ3n) is 19.5. The van der Waals surface area contributed by atoms with Crippen LogP contribution in [0, 0.1) is 0 Å². The average Bonchev–Trinajstić information content (AvgIpc) is 1.25. The second kappa shape index (κ2) is 22.7. The van der Waals surface area contributed by atoms with Crippen LogP contribution >= 0.6 is 0 Å². The van der Waals surface area contributed by atoms with E-state index in [4.69, 9.17) is 0 Å². The van der Waals surface area contributed by atoms with E-state index in [-0.39, 0.29) is 0 Å². The zero-order valence-corrected chi connectivity index (χ0v) is 52.6. The SMILES string of the molecule is c1ccc(-c2cc(-c3ccccc3)cc([Si](c3ccccc3)(c3ccccc3)c3cccc(-c4cc(-n5c6ccccc6c6ccccc65)cc(-n5c6ccccc6c6ccc(-n7c8ccc(-c9ccccc9)cc8c8cc(-c9ccccc9)ccc87)cc65)c4)c3)c2)cc1. The highest BCUT2D eigenvalue weighted by Crippen LogP contribution is 2.42. The van der Waals surface area contributed by atoms with Gasteiger partial charge in [-0.1, -0.05) is 291 Å². The molecule has 3 nitrogen and oxygen atoms in total. The maximum atomic E-state index is 2.54. The minimum absolute atomic E-state index is 1.07. The average molecular weight is 1210 g/mol. The molecule has 0 aliphatic heterocycles. The molecule has 0 fully saturated rings. The number of fused-ring (bicyclic) bond motifs is 9. The summed E-state index contributed by atoms with van der Waals surface area (Å²) in [6, 6.07) is 138. The molecule has 0 saturated carbocycles. The van der Waals surface area contributed by atoms with E-state index in [0.717, 1.165) is 61.3 Å². The first kappa shape index (κ1) is 54.8. The summed E-state index contributed by atoms with van der Waals surface area (Å²) in [5.74, 6) is 0. The lowest BCUT2D eigenvalue weighted by atomic mass is 9.99. The summed E-state index contributed by atoms with van der Waals surface area (Å²) in [4.78, 5) is 0. The fourth-order valence-electron chi connectivity index (χ4n) is 15.3. The lowest BCUT2D eigenvalue weighted by Crippen LogP contribution is -2.74. The molecule has 0 unspecified atom stereocenters. The third-order valence-corrected chi connectivity index (χ3v) is 24.2. The lowest BCUT2D eigenvalue weighted by Gasteiger charge is -2.35. The first-order valence-corrected chi connectivity index (χ1v) is 34.5. The van der Waals surface area contributed by atoms with Crippen molar-refractivity contribution in [2.45, 2.75) is 0 Å². The molecule has 0 spiro atoms. The molecule has 0 bridgehead atoms. The molecule has 94 heavy (non-hydrogen) atoms. The molecule has 18 rings (SSSR count). The topological polar surface area (TPSA) is 14.8 Å². The normalized spacial score (nSPS) is 11.8. The van der Waals surface area contributed by atoms with Crippen molar-refractivity contribution in [2.24, 2.45) is 0 Å². The Bertz CT molecular complexity index is 5640. The number of hydrogen-bond acceptors (Lipinski definition) is 0. The molecule has 440 valence electrons. The van der Waals surface area contributed by atoms with Gasteiger partial charge in [0.25, 0.3) is 0 Å². The number of para-hydroxylation sites is 3. The van der Waals surface area contributed by atoms with Gasteiger partial charge >= 0.3 is 0 Å². The Labute approximate surface area is 547 Å². The Morgan fingerprint density at radius 2 is 0.479 bits per heavy atom. The first-order chi connectivity index (χ1) is 46.6. The Morgan fingerprint density at radius 1 is 0.149 bits per heavy atom. The molecular weight excluding hydrogens is 1150 g/mol. The maximum Gasteiger partial charge on any atom is 0.179 e. The number of nitrogens with zero attached hydrogens (tertiary/aromatic N) is 3. The zero-order chi connectivity index (χ0) is 62.1. The van der Waals surface area contributed by atoms with E-state index in [0.29, 0.717) is 0 Å². The van der Waals surface area contributed by atoms with Crippen LogP contribution in [0.25, 0.3) is 138 Å². The Kier molecular flexibility index (Phi) is 13.2. The van der Waals surface area contributed by atoms with Crippen LogP contribution in [0.5, 0.6) is 0 Å². The fraction of sp³-hybridized carbons (Fsp3) is 0. The predicted molar refractivity (Wildman–Crippen MR) is 400 cm³/mol. The van der Waals surface area contributed by atoms with Gasteiger partial charge in [-0.05, 0) is 155 Å². The summed E-state index contributed by atoms with van der Waals surface area (Å²) in [7, 11) is -3.20. The van der Waals surface area contributed by atoms with Crippen LogP contribution in [-0.2, 0) is 0 Å². The van der Waals surface area contributed by atoms with Crippen LogP contribution in [0.1, 0.15) is 0 Å². The van der Waals surface area contributed by atoms with Gasteiger partial charge in [0.05, 0.1) is 33.1 Å². The van der Waals surface area contributed by atoms with E-state index >= 15 is 0 Å². The van der Waals surface area contributed by atoms with Crippen molar-refractivity contribution >= 4 is 94.2 Å². The van der Waals surface area contributed by atoms with Crippen molar-refractivity contribution in [3.63, 3.8) is 0 Å². The van der Waals surface area contributed by atoms with E-state index in [1.807, 2.05) is 0 Å². The van der Waals surface area contributed by atoms with Gasteiger partial charge in [0.15, 0.2) is 8.07 Å². The minimum atomic E-state index is -3.20. The van der Waals surface area contributed by atoms with Crippen LogP contribution in [0.15, 0.2) is 370 Å². The Balaban J connectivity index is 0.895. The Morgan fingerprint density at radius 3 is 0.947 bits per heavy atom. The smallest absolute Gasteiger partial charge is 0.179 e. The van der Waals surface area contributed by atoms with Crippen LogP contribution in [-0.4, -0.2) is 21.8 Å². The van der Waals surface area contributed by atoms with Crippen LogP contribution in [0.4, 0.5) is 0 Å². The summed E-state index contributed by atoms with van der Waals surface area (Å²) >= 11 is 0. The summed E-state index contributed by atoms with van der Waals surface area (Å²) < 4.78 is 7.50. The molecule has 0 saturated heterocycles. The first-order valence-electron chi connectivity index (χ1n) is 32.5. The van der Waals surface area contributed by atoms with E-state index in [1.54, 1.807) is 0 Å². The van der Waals surface area contributed by atoms with Crippen molar-refractivity contribution in [1.29, 1.82) is 0 Å². The third kappa shape index (κ3) is 9.10. The van der Waals surface area contributed by atoms with Crippen molar-refractivity contribution < 1.29 is 0 Å². The molecule has 3 aromatic heterocycles. The summed E-state index contributed by atoms with van der Waals surface area (Å²) in [6.07, 6.45) is 0. The van der Waals surface area contributed by atoms with Gasteiger partial charge < -0.3 is 13.7 Å². The molecule has 15 aromatic carbocycles. The number of rotatable bonds is 12. The van der Waals surface area contributed by atoms with E-state index < -0.39 is 8.07 Å². The minimum Gasteiger partial charge on any atom is -0.309 e. The second-order valence-corrected chi connectivity index (χ2v) is 28.6. The van der Waals surface area contributed by atoms with E-state index in [1.165, 1.54) is 97.6 Å². The van der Waals surface area contributed by atoms with Crippen molar-refractivity contribution in [3.05, 3.63) is 370 Å². The monoisotopic (exact) mass is 1210 g/mol. The van der Waals surface area contributed by atoms with Crippen molar-refractivity contribution in [2.75, 3.05) is 0 Å². The van der Waals surface area contributed by atoms with Crippen molar-refractivity contribution in [1.82, 2.24) is 13.7 Å². The van der Waals surface area contributed by atoms with E-state index in [9.17, 15) is 0 Å². The second-order valence-electron chi connectivity index (χ2n) is 24.8. The highest BCUT2D eigenvalue weighted by Gasteiger charge is 2.42. The largest absolute Gasteiger partial charge is 0.309 e. The van der Waals surface area contributed by atoms with Crippen molar-refractivity contribution in [3.8, 4) is 72.7 Å². The predicted octanol–water partition coefficient (Wildman–Crippen LogP) is 20.7. The van der Waals surface area contributed by atoms with Gasteiger partial charge in [0.1, 0.15) is 0 Å². The molecule has 0 N–H and O–H groups in total. The van der Waals surface area contributed by atoms with E-state index in [2.05, 4.69) is 384 Å². The molecule has 0 amide bonds. The Hall–Kier alpha value is -12.1. The van der Waals surface area contributed by atoms with Gasteiger partial charge in [0.2, 0.25) is 0 Å². The van der Waals surface area contributed by atoms with Gasteiger partial charge in [-0.25, -0.2) is 0 Å². The highest BCUT2D eigenvalue weighted by atomic mass is 28.3. The molecule has 3 heterocycles. The fourth-order valence-corrected chi connectivity index (χ4v) is 20.1. The maximum absolute atomic E-state index is 3.20. The summed E-state index contributed by atoms with van der Waals surface area (Å²) in [5.41, 5.74) is 22.0. The molecule has 0 aliphatic carbocycles. The van der Waals surface area contributed by atoms with Crippen LogP contribution in [0.3, 0.4) is 0 Å². The molecule has 0 radical (unpaired) electrons. The van der Waals surface area contributed by atoms with Gasteiger partial charge in [-0.2, -0.15) is 0 Å². The quantitative estimate of drug-likeness (QED) is 0.0855. The van der Waals surface area contributed by atoms with Gasteiger partial charge in [0, 0.05) is 49.4 Å². The summed E-state index contributed by atoms with van der Waals surface area (Å²) in [6.45, 7) is 0. The summed E-state index contributed by atoms with van der Waals surface area (Å²) in [5, 5.41) is 12.5. The van der Waals surface area contributed by atoms with Gasteiger partial charge in [-0.3, -0.25) is 0 Å². The number of aromatic nitrogens is 3. The molecule has 0 aliphatic rings. The molecule has 18 aromatic rings. The van der Waals surface area contributed by atoms with Crippen LogP contribution in [0.2, 0.25) is 0 Å². The highest BCUT2D eigenvalue weighted by molar-refractivity contribution is 7.20. The molecular formula is C90H61N3Si. The molecule has 4 heteroatoms. The van der Waals surface area contributed by atoms with Crippen LogP contribution < -0.4 is 20.7 Å². The molecule has 0 atom stereocenters. The number of hydrogen-bond donors (Lipinski definition) is 0.